The van der Waals surface area contributed by atoms with Crippen LogP contribution in [0.3, 0.4) is 0 Å². The van der Waals surface area contributed by atoms with E-state index in [9.17, 15) is 23.1 Å². The number of nitrogens with one attached hydrogen (secondary N) is 1. The quantitative estimate of drug-likeness (QED) is 0.361. The zero-order chi connectivity index (χ0) is 32.6. The molecule has 0 spiro atoms. The summed E-state index contributed by atoms with van der Waals surface area (Å²) in [4.78, 5) is 34.6. The normalized spacial score (nSPS) is 20.8. The first-order chi connectivity index (χ1) is 21.5. The van der Waals surface area contributed by atoms with Gasteiger partial charge in [0.1, 0.15) is 9.96 Å². The zero-order valence-electron chi connectivity index (χ0n) is 26.1. The Labute approximate surface area is 269 Å². The number of thiophene rings is 1. The number of carbonyl (C=O) groups is 2. The monoisotopic (exact) mass is 658 g/mol. The Morgan fingerprint density at radius 1 is 1.20 bits per heavy atom. The van der Waals surface area contributed by atoms with Gasteiger partial charge in [-0.15, -0.1) is 11.3 Å². The van der Waals surface area contributed by atoms with E-state index in [2.05, 4.69) is 9.71 Å². The van der Waals surface area contributed by atoms with Crippen molar-refractivity contribution >= 4 is 38.9 Å². The van der Waals surface area contributed by atoms with Crippen molar-refractivity contribution in [1.29, 1.82) is 0 Å². The highest BCUT2D eigenvalue weighted by atomic mass is 32.2. The number of likely N-dealkylation sites (N-methyl/N-ethyl adjacent to an activating group) is 1. The third kappa shape index (κ3) is 9.03. The molecule has 4 atom stereocenters. The van der Waals surface area contributed by atoms with Crippen LogP contribution < -0.4 is 9.46 Å². The molecule has 0 radical (unpaired) electrons. The van der Waals surface area contributed by atoms with Crippen LogP contribution in [-0.4, -0.2) is 91.7 Å². The van der Waals surface area contributed by atoms with Crippen LogP contribution in [0.25, 0.3) is 0 Å². The molecule has 244 valence electrons. The Hall–Kier alpha value is -3.52. The summed E-state index contributed by atoms with van der Waals surface area (Å²) < 4.78 is 41.2. The standard InChI is InChI=1S/C32H42N4O7S2/c1-22-19-36(23(2)21-37)32(39)27-18-26(34-45(40,41)30-9-7-17-44-30)10-11-28(27)43-24(3)8-5-6-16-42-29(22)20-35(4)31(38)25-12-14-33-15-13-25/h7,9-15,17-18,22-24,29,34,37H,5-6,8,16,19-21H2,1-4H3/t22-,23+,24+,29+/m0/s1. The van der Waals surface area contributed by atoms with Crippen LogP contribution in [0.5, 0.6) is 5.75 Å². The van der Waals surface area contributed by atoms with Gasteiger partial charge in [0, 0.05) is 56.3 Å². The Morgan fingerprint density at radius 2 is 1.96 bits per heavy atom. The van der Waals surface area contributed by atoms with Gasteiger partial charge in [-0.1, -0.05) is 13.0 Å². The van der Waals surface area contributed by atoms with Crippen molar-refractivity contribution in [3.8, 4) is 5.75 Å². The third-order valence-corrected chi connectivity index (χ3v) is 10.6. The summed E-state index contributed by atoms with van der Waals surface area (Å²) in [5, 5.41) is 11.8. The number of carbonyl (C=O) groups excluding carboxylic acids is 2. The molecule has 0 saturated carbocycles. The van der Waals surface area contributed by atoms with Crippen molar-refractivity contribution in [2.75, 3.05) is 38.1 Å². The number of amides is 2. The Bertz CT molecular complexity index is 1520. The molecule has 0 unspecified atom stereocenters. The lowest BCUT2D eigenvalue weighted by Gasteiger charge is -2.36. The minimum absolute atomic E-state index is 0.154. The highest BCUT2D eigenvalue weighted by molar-refractivity contribution is 7.94. The number of aliphatic hydroxyl groups is 1. The summed E-state index contributed by atoms with van der Waals surface area (Å²) in [7, 11) is -2.13. The summed E-state index contributed by atoms with van der Waals surface area (Å²) in [6.07, 6.45) is 4.83. The van der Waals surface area contributed by atoms with Gasteiger partial charge < -0.3 is 24.4 Å². The van der Waals surface area contributed by atoms with E-state index in [4.69, 9.17) is 9.47 Å². The molecular weight excluding hydrogens is 617 g/mol. The summed E-state index contributed by atoms with van der Waals surface area (Å²) in [6, 6.07) is 10.6. The number of nitrogens with zero attached hydrogens (tertiary/aromatic N) is 3. The van der Waals surface area contributed by atoms with E-state index in [0.717, 1.165) is 24.2 Å². The Balaban J connectivity index is 1.65. The summed E-state index contributed by atoms with van der Waals surface area (Å²) >= 11 is 1.09. The fraction of sp³-hybridized carbons (Fsp3) is 0.469. The fourth-order valence-electron chi connectivity index (χ4n) is 5.14. The third-order valence-electron chi connectivity index (χ3n) is 7.79. The fourth-order valence-corrected chi connectivity index (χ4v) is 7.18. The van der Waals surface area contributed by atoms with Gasteiger partial charge in [-0.25, -0.2) is 8.42 Å². The average Bonchev–Trinajstić information content (AvgIpc) is 3.59. The molecule has 0 aliphatic carbocycles. The molecule has 1 aromatic carbocycles. The number of benzene rings is 1. The number of rotatable bonds is 8. The second-order valence-corrected chi connectivity index (χ2v) is 14.3. The van der Waals surface area contributed by atoms with E-state index in [-0.39, 0.29) is 46.5 Å². The van der Waals surface area contributed by atoms with Crippen molar-refractivity contribution in [3.05, 3.63) is 71.4 Å². The largest absolute Gasteiger partial charge is 0.490 e. The van der Waals surface area contributed by atoms with Gasteiger partial charge in [0.05, 0.1) is 30.4 Å². The lowest BCUT2D eigenvalue weighted by Crippen LogP contribution is -2.48. The van der Waals surface area contributed by atoms with Crippen LogP contribution in [0.15, 0.2) is 64.4 Å². The second kappa shape index (κ2) is 15.7. The first kappa shape index (κ1) is 34.4. The molecule has 3 aromatic rings. The summed E-state index contributed by atoms with van der Waals surface area (Å²) in [6.45, 7) is 6.32. The molecule has 0 fully saturated rings. The van der Waals surface area contributed by atoms with E-state index in [1.807, 2.05) is 13.8 Å². The molecule has 3 heterocycles. The molecule has 13 heteroatoms. The van der Waals surface area contributed by atoms with Crippen molar-refractivity contribution in [2.45, 2.75) is 62.5 Å². The summed E-state index contributed by atoms with van der Waals surface area (Å²) in [5.41, 5.74) is 0.915. The molecule has 1 aliphatic rings. The van der Waals surface area contributed by atoms with Crippen LogP contribution in [0.2, 0.25) is 0 Å². The van der Waals surface area contributed by atoms with Crippen LogP contribution in [0.1, 0.15) is 60.7 Å². The maximum atomic E-state index is 14.3. The Morgan fingerprint density at radius 3 is 2.64 bits per heavy atom. The predicted molar refractivity (Wildman–Crippen MR) is 173 cm³/mol. The summed E-state index contributed by atoms with van der Waals surface area (Å²) in [5.74, 6) is -0.481. The van der Waals surface area contributed by atoms with Crippen LogP contribution >= 0.6 is 11.3 Å². The van der Waals surface area contributed by atoms with Gasteiger partial charge in [-0.3, -0.25) is 19.3 Å². The van der Waals surface area contributed by atoms with Gasteiger partial charge >= 0.3 is 0 Å². The minimum Gasteiger partial charge on any atom is -0.490 e. The smallest absolute Gasteiger partial charge is 0.271 e. The number of ether oxygens (including phenoxy) is 2. The average molecular weight is 659 g/mol. The molecule has 2 aromatic heterocycles. The zero-order valence-corrected chi connectivity index (χ0v) is 27.7. The predicted octanol–water partition coefficient (Wildman–Crippen LogP) is 4.51. The van der Waals surface area contributed by atoms with Crippen LogP contribution in [0.4, 0.5) is 5.69 Å². The maximum absolute atomic E-state index is 14.3. The maximum Gasteiger partial charge on any atom is 0.271 e. The SMILES string of the molecule is C[C@@H]1CCCCO[C@H](CN(C)C(=O)c2ccncc2)[C@@H](C)CN([C@H](C)CO)C(=O)c2cc(NS(=O)(=O)c3cccs3)ccc2O1. The van der Waals surface area contributed by atoms with Gasteiger partial charge in [-0.2, -0.15) is 0 Å². The number of anilines is 1. The molecule has 4 rings (SSSR count). The number of pyridine rings is 1. The molecule has 11 nitrogen and oxygen atoms in total. The van der Waals surface area contributed by atoms with Crippen molar-refractivity contribution < 1.29 is 32.6 Å². The van der Waals surface area contributed by atoms with Gasteiger partial charge in [0.15, 0.2) is 0 Å². The molecule has 2 amide bonds. The number of hydrogen-bond donors (Lipinski definition) is 2. The highest BCUT2D eigenvalue weighted by Gasteiger charge is 2.31. The van der Waals surface area contributed by atoms with Crippen LogP contribution in [0, 0.1) is 5.92 Å². The molecule has 45 heavy (non-hydrogen) atoms. The van der Waals surface area contributed by atoms with Crippen molar-refractivity contribution in [1.82, 2.24) is 14.8 Å². The van der Waals surface area contributed by atoms with E-state index >= 15 is 0 Å². The molecule has 1 aliphatic heterocycles. The second-order valence-electron chi connectivity index (χ2n) is 11.5. The van der Waals surface area contributed by atoms with Crippen molar-refractivity contribution in [3.63, 3.8) is 0 Å². The molecular formula is C32H42N4O7S2. The van der Waals surface area contributed by atoms with E-state index in [0.29, 0.717) is 30.9 Å². The first-order valence-electron chi connectivity index (χ1n) is 15.1. The van der Waals surface area contributed by atoms with E-state index < -0.39 is 28.1 Å². The molecule has 0 bridgehead atoms. The topological polar surface area (TPSA) is 138 Å². The Kier molecular flexibility index (Phi) is 12.0. The number of sulfonamides is 1. The minimum atomic E-state index is -3.85. The number of aliphatic hydroxyl groups excluding tert-OH is 1. The number of hydrogen-bond acceptors (Lipinski definition) is 9. The lowest BCUT2D eigenvalue weighted by atomic mass is 10.0. The molecule has 2 N–H and O–H groups in total. The number of aromatic nitrogens is 1. The van der Waals surface area contributed by atoms with Gasteiger partial charge in [-0.05, 0) is 74.9 Å². The van der Waals surface area contributed by atoms with E-state index in [1.165, 1.54) is 12.1 Å². The highest BCUT2D eigenvalue weighted by Crippen LogP contribution is 2.30. The van der Waals surface area contributed by atoms with Gasteiger partial charge in [0.25, 0.3) is 21.8 Å². The van der Waals surface area contributed by atoms with Crippen LogP contribution in [-0.2, 0) is 14.8 Å². The van der Waals surface area contributed by atoms with Crippen molar-refractivity contribution in [2.24, 2.45) is 5.92 Å². The molecule has 0 saturated heterocycles. The lowest BCUT2D eigenvalue weighted by molar-refractivity contribution is -0.0149. The van der Waals surface area contributed by atoms with E-state index in [1.54, 1.807) is 71.9 Å². The number of fused-ring (bicyclic) bond motifs is 1. The van der Waals surface area contributed by atoms with Gasteiger partial charge in [0.2, 0.25) is 0 Å². The first-order valence-corrected chi connectivity index (χ1v) is 17.4.